The number of halogens is 1. The highest BCUT2D eigenvalue weighted by Gasteiger charge is 2.32. The number of rotatable bonds is 10. The molecule has 2 aromatic carbocycles. The van der Waals surface area contributed by atoms with Crippen molar-refractivity contribution in [1.29, 1.82) is 0 Å². The maximum absolute atomic E-state index is 14.0. The van der Waals surface area contributed by atoms with Crippen molar-refractivity contribution in [3.63, 3.8) is 0 Å². The van der Waals surface area contributed by atoms with Crippen LogP contribution in [0.2, 0.25) is 5.02 Å². The van der Waals surface area contributed by atoms with E-state index >= 15 is 0 Å². The molecule has 37 heavy (non-hydrogen) atoms. The molecule has 1 heterocycles. The van der Waals surface area contributed by atoms with Crippen LogP contribution in [0.5, 0.6) is 11.5 Å². The van der Waals surface area contributed by atoms with Gasteiger partial charge in [0.05, 0.1) is 29.8 Å². The molecule has 11 heteroatoms. The molecule has 0 unspecified atom stereocenters. The van der Waals surface area contributed by atoms with Crippen LogP contribution in [0.25, 0.3) is 0 Å². The number of methoxy groups -OCH3 is 2. The van der Waals surface area contributed by atoms with Crippen molar-refractivity contribution in [2.24, 2.45) is 0 Å². The smallest absolute Gasteiger partial charge is 0.264 e. The quantitative estimate of drug-likeness (QED) is 0.373. The number of hydrogen-bond acceptors (Lipinski definition) is 7. The third kappa shape index (κ3) is 6.08. The molecule has 1 amide bonds. The molecule has 0 spiro atoms. The van der Waals surface area contributed by atoms with Gasteiger partial charge in [0.2, 0.25) is 5.91 Å². The van der Waals surface area contributed by atoms with E-state index < -0.39 is 22.5 Å². The Hall–Kier alpha value is -3.50. The second kappa shape index (κ2) is 11.7. The summed E-state index contributed by atoms with van der Waals surface area (Å²) in [4.78, 5) is 21.2. The molecule has 0 saturated carbocycles. The molecule has 1 aromatic heterocycles. The standard InChI is InChI=1S/C26H31ClN4O5S/c1-7-30(25-10-8-9-18(2)28-25)26(32)17-31(22-15-19(29(3)4)11-13-21(22)27)37(33,34)20-12-14-23(35-5)24(16-20)36-6/h8-16H,7,17H2,1-6H3. The summed E-state index contributed by atoms with van der Waals surface area (Å²) < 4.78 is 39.7. The summed E-state index contributed by atoms with van der Waals surface area (Å²) >= 11 is 6.52. The van der Waals surface area contributed by atoms with Crippen LogP contribution in [0.1, 0.15) is 12.6 Å². The molecule has 0 atom stereocenters. The van der Waals surface area contributed by atoms with E-state index in [4.69, 9.17) is 21.1 Å². The first-order valence-corrected chi connectivity index (χ1v) is 13.3. The van der Waals surface area contributed by atoms with E-state index in [-0.39, 0.29) is 21.4 Å². The minimum atomic E-state index is -4.28. The lowest BCUT2D eigenvalue weighted by molar-refractivity contribution is -0.117. The van der Waals surface area contributed by atoms with E-state index in [1.54, 1.807) is 37.3 Å². The fraction of sp³-hybridized carbons (Fsp3) is 0.308. The zero-order valence-electron chi connectivity index (χ0n) is 21.7. The Kier molecular flexibility index (Phi) is 8.88. The Bertz CT molecular complexity index is 1380. The summed E-state index contributed by atoms with van der Waals surface area (Å²) in [6.45, 7) is 3.42. The Morgan fingerprint density at radius 2 is 1.70 bits per heavy atom. The molecule has 198 valence electrons. The second-order valence-corrected chi connectivity index (χ2v) is 10.6. The highest BCUT2D eigenvalue weighted by Crippen LogP contribution is 2.36. The maximum atomic E-state index is 14.0. The summed E-state index contributed by atoms with van der Waals surface area (Å²) in [5.74, 6) is 0.585. The van der Waals surface area contributed by atoms with E-state index in [0.717, 1.165) is 10.00 Å². The van der Waals surface area contributed by atoms with Gasteiger partial charge in [0.15, 0.2) is 11.5 Å². The van der Waals surface area contributed by atoms with Crippen LogP contribution in [0.4, 0.5) is 17.2 Å². The van der Waals surface area contributed by atoms with Crippen molar-refractivity contribution in [3.8, 4) is 11.5 Å². The average molecular weight is 547 g/mol. The van der Waals surface area contributed by atoms with Crippen LogP contribution in [-0.2, 0) is 14.8 Å². The van der Waals surface area contributed by atoms with Crippen LogP contribution >= 0.6 is 11.6 Å². The lowest BCUT2D eigenvalue weighted by atomic mass is 10.2. The molecule has 3 rings (SSSR count). The van der Waals surface area contributed by atoms with E-state index in [0.29, 0.717) is 23.8 Å². The van der Waals surface area contributed by atoms with Crippen molar-refractivity contribution in [1.82, 2.24) is 4.98 Å². The largest absolute Gasteiger partial charge is 0.493 e. The van der Waals surface area contributed by atoms with Crippen molar-refractivity contribution in [2.75, 3.05) is 55.5 Å². The lowest BCUT2D eigenvalue weighted by Crippen LogP contribution is -2.43. The van der Waals surface area contributed by atoms with Crippen LogP contribution < -0.4 is 23.6 Å². The molecule has 9 nitrogen and oxygen atoms in total. The monoisotopic (exact) mass is 546 g/mol. The first-order chi connectivity index (χ1) is 17.5. The summed E-state index contributed by atoms with van der Waals surface area (Å²) in [6, 6.07) is 14.6. The van der Waals surface area contributed by atoms with E-state index in [1.807, 2.05) is 32.0 Å². The van der Waals surface area contributed by atoms with Gasteiger partial charge in [-0.05, 0) is 56.3 Å². The number of nitrogens with zero attached hydrogens (tertiary/aromatic N) is 4. The second-order valence-electron chi connectivity index (χ2n) is 8.33. The lowest BCUT2D eigenvalue weighted by Gasteiger charge is -2.29. The van der Waals surface area contributed by atoms with Gasteiger partial charge in [0, 0.05) is 38.1 Å². The number of sulfonamides is 1. The number of hydrogen-bond donors (Lipinski definition) is 0. The van der Waals surface area contributed by atoms with E-state index in [9.17, 15) is 13.2 Å². The number of likely N-dealkylation sites (N-methyl/N-ethyl adjacent to an activating group) is 1. The third-order valence-corrected chi connectivity index (χ3v) is 7.78. The molecule has 0 aliphatic carbocycles. The SMILES string of the molecule is CCN(C(=O)CN(c1cc(N(C)C)ccc1Cl)S(=O)(=O)c1ccc(OC)c(OC)c1)c1cccc(C)n1. The third-order valence-electron chi connectivity index (χ3n) is 5.70. The van der Waals surface area contributed by atoms with Gasteiger partial charge in [-0.3, -0.25) is 14.0 Å². The number of carbonyl (C=O) groups is 1. The van der Waals surface area contributed by atoms with Gasteiger partial charge in [0.1, 0.15) is 12.4 Å². The van der Waals surface area contributed by atoms with Gasteiger partial charge in [-0.2, -0.15) is 0 Å². The Morgan fingerprint density at radius 1 is 1.00 bits per heavy atom. The molecule has 0 radical (unpaired) electrons. The number of ether oxygens (including phenoxy) is 2. The minimum absolute atomic E-state index is 0.0824. The number of carbonyl (C=O) groups excluding carboxylic acids is 1. The Balaban J connectivity index is 2.15. The van der Waals surface area contributed by atoms with Crippen molar-refractivity contribution in [3.05, 3.63) is 65.3 Å². The zero-order valence-corrected chi connectivity index (χ0v) is 23.3. The van der Waals surface area contributed by atoms with Crippen LogP contribution in [-0.4, -0.2) is 60.7 Å². The van der Waals surface area contributed by atoms with Gasteiger partial charge in [-0.1, -0.05) is 17.7 Å². The van der Waals surface area contributed by atoms with Gasteiger partial charge in [-0.25, -0.2) is 13.4 Å². The molecule has 0 saturated heterocycles. The molecule has 3 aromatic rings. The predicted molar refractivity (Wildman–Crippen MR) is 147 cm³/mol. The molecule has 0 fully saturated rings. The highest BCUT2D eigenvalue weighted by atomic mass is 35.5. The summed E-state index contributed by atoms with van der Waals surface area (Å²) in [7, 11) is 2.26. The van der Waals surface area contributed by atoms with Gasteiger partial charge in [0.25, 0.3) is 10.0 Å². The number of pyridine rings is 1. The first kappa shape index (κ1) is 28.1. The van der Waals surface area contributed by atoms with Crippen molar-refractivity contribution >= 4 is 44.7 Å². The summed E-state index contributed by atoms with van der Waals surface area (Å²) in [5, 5.41) is 0.180. The summed E-state index contributed by atoms with van der Waals surface area (Å²) in [5.41, 5.74) is 1.62. The summed E-state index contributed by atoms with van der Waals surface area (Å²) in [6.07, 6.45) is 0. The van der Waals surface area contributed by atoms with Gasteiger partial charge in [-0.15, -0.1) is 0 Å². The molecule has 0 aliphatic rings. The molecule has 0 N–H and O–H groups in total. The van der Waals surface area contributed by atoms with Gasteiger partial charge < -0.3 is 14.4 Å². The fourth-order valence-corrected chi connectivity index (χ4v) is 5.44. The molecular formula is C26H31ClN4O5S. The van der Waals surface area contributed by atoms with Crippen molar-refractivity contribution in [2.45, 2.75) is 18.7 Å². The van der Waals surface area contributed by atoms with E-state index in [1.165, 1.54) is 37.3 Å². The minimum Gasteiger partial charge on any atom is -0.493 e. The highest BCUT2D eigenvalue weighted by molar-refractivity contribution is 7.92. The Morgan fingerprint density at radius 3 is 2.30 bits per heavy atom. The predicted octanol–water partition coefficient (Wildman–Crippen LogP) is 4.38. The van der Waals surface area contributed by atoms with Gasteiger partial charge >= 0.3 is 0 Å². The normalized spacial score (nSPS) is 11.1. The topological polar surface area (TPSA) is 92.3 Å². The number of aryl methyl sites for hydroxylation is 1. The maximum Gasteiger partial charge on any atom is 0.264 e. The number of benzene rings is 2. The number of aromatic nitrogens is 1. The average Bonchev–Trinajstić information content (AvgIpc) is 2.87. The molecular weight excluding hydrogens is 516 g/mol. The molecule has 0 bridgehead atoms. The van der Waals surface area contributed by atoms with Crippen LogP contribution in [0, 0.1) is 6.92 Å². The fourth-order valence-electron chi connectivity index (χ4n) is 3.73. The van der Waals surface area contributed by atoms with Crippen molar-refractivity contribution < 1.29 is 22.7 Å². The first-order valence-electron chi connectivity index (χ1n) is 11.5. The Labute approximate surface area is 223 Å². The molecule has 0 aliphatic heterocycles. The van der Waals surface area contributed by atoms with Crippen LogP contribution in [0.15, 0.2) is 59.5 Å². The zero-order chi connectivity index (χ0) is 27.3. The van der Waals surface area contributed by atoms with E-state index in [2.05, 4.69) is 4.98 Å². The number of amides is 1. The van der Waals surface area contributed by atoms with Crippen LogP contribution in [0.3, 0.4) is 0 Å². The number of anilines is 3.